The highest BCUT2D eigenvalue weighted by molar-refractivity contribution is 7.09. The topological polar surface area (TPSA) is 91.2 Å². The number of aromatic nitrogens is 4. The van der Waals surface area contributed by atoms with Gasteiger partial charge in [0.1, 0.15) is 6.61 Å². The highest BCUT2D eigenvalue weighted by Crippen LogP contribution is 2.31. The van der Waals surface area contributed by atoms with E-state index in [4.69, 9.17) is 9.47 Å². The van der Waals surface area contributed by atoms with E-state index in [2.05, 4.69) is 20.6 Å². The monoisotopic (exact) mass is 399 g/mol. The fourth-order valence-electron chi connectivity index (χ4n) is 2.96. The number of amides is 1. The van der Waals surface area contributed by atoms with Gasteiger partial charge >= 0.3 is 0 Å². The number of carbonyl (C=O) groups is 1. The Hall–Kier alpha value is -2.94. The van der Waals surface area contributed by atoms with Gasteiger partial charge in [0, 0.05) is 11.4 Å². The molecule has 28 heavy (non-hydrogen) atoms. The van der Waals surface area contributed by atoms with Gasteiger partial charge in [-0.05, 0) is 31.9 Å². The van der Waals surface area contributed by atoms with Gasteiger partial charge in [-0.3, -0.25) is 4.79 Å². The first-order valence-corrected chi connectivity index (χ1v) is 10.0. The number of ether oxygens (including phenoxy) is 2. The molecule has 3 aromatic rings. The second-order valence-corrected chi connectivity index (χ2v) is 7.48. The molecule has 0 unspecified atom stereocenters. The Morgan fingerprint density at radius 1 is 1.36 bits per heavy atom. The number of nitrogens with one attached hydrogen (secondary N) is 1. The van der Waals surface area contributed by atoms with Crippen LogP contribution in [0.15, 0.2) is 36.0 Å². The molecule has 0 aliphatic carbocycles. The highest BCUT2D eigenvalue weighted by Gasteiger charge is 2.22. The van der Waals surface area contributed by atoms with Gasteiger partial charge in [-0.25, -0.2) is 9.67 Å². The summed E-state index contributed by atoms with van der Waals surface area (Å²) < 4.78 is 13.2. The average molecular weight is 399 g/mol. The van der Waals surface area contributed by atoms with E-state index in [9.17, 15) is 4.79 Å². The minimum absolute atomic E-state index is 0.185. The van der Waals surface area contributed by atoms with Gasteiger partial charge in [0.2, 0.25) is 0 Å². The fraction of sp³-hybridized carbons (Fsp3) is 0.368. The number of fused-ring (bicyclic) bond motifs is 1. The molecule has 1 atom stereocenters. The lowest BCUT2D eigenvalue weighted by atomic mass is 10.2. The summed E-state index contributed by atoms with van der Waals surface area (Å²) >= 11 is 1.65. The van der Waals surface area contributed by atoms with Crippen molar-refractivity contribution in [1.29, 1.82) is 0 Å². The number of carbonyl (C=O) groups excluding carboxylic acids is 1. The maximum atomic E-state index is 12.2. The van der Waals surface area contributed by atoms with Gasteiger partial charge in [-0.2, -0.15) is 0 Å². The standard InChI is InChI=1S/C19H21N5O3S/c1-13-18(28-12-21-13)7-4-8-20-19(25)15-10-24(23-22-15)9-14-11-26-16-5-2-3-6-17(16)27-14/h2-3,5-6,10,12,14H,4,7-9,11H2,1H3,(H,20,25)/t14-/m1/s1. The van der Waals surface area contributed by atoms with Crippen LogP contribution in [-0.4, -0.2) is 45.1 Å². The van der Waals surface area contributed by atoms with Crippen molar-refractivity contribution in [2.45, 2.75) is 32.4 Å². The van der Waals surface area contributed by atoms with Crippen molar-refractivity contribution in [2.24, 2.45) is 0 Å². The Morgan fingerprint density at radius 2 is 2.21 bits per heavy atom. The minimum Gasteiger partial charge on any atom is -0.486 e. The van der Waals surface area contributed by atoms with Gasteiger partial charge in [-0.1, -0.05) is 17.3 Å². The minimum atomic E-state index is -0.224. The number of hydrogen-bond donors (Lipinski definition) is 1. The number of nitrogens with zero attached hydrogens (tertiary/aromatic N) is 4. The summed E-state index contributed by atoms with van der Waals surface area (Å²) in [5.41, 5.74) is 3.21. The number of hydrogen-bond acceptors (Lipinski definition) is 7. The van der Waals surface area contributed by atoms with Crippen LogP contribution in [0.1, 0.15) is 27.5 Å². The Bertz CT molecular complexity index is 954. The Kier molecular flexibility index (Phi) is 5.52. The van der Waals surface area contributed by atoms with E-state index >= 15 is 0 Å². The van der Waals surface area contributed by atoms with E-state index in [1.165, 1.54) is 4.88 Å². The van der Waals surface area contributed by atoms with Crippen LogP contribution in [0, 0.1) is 6.92 Å². The zero-order chi connectivity index (χ0) is 19.3. The van der Waals surface area contributed by atoms with Crippen LogP contribution in [0.2, 0.25) is 0 Å². The molecule has 2 aromatic heterocycles. The summed E-state index contributed by atoms with van der Waals surface area (Å²) in [6.45, 7) is 3.47. The second-order valence-electron chi connectivity index (χ2n) is 6.54. The summed E-state index contributed by atoms with van der Waals surface area (Å²) in [5.74, 6) is 1.23. The van der Waals surface area contributed by atoms with Gasteiger partial charge < -0.3 is 14.8 Å². The maximum absolute atomic E-state index is 12.2. The molecule has 0 saturated carbocycles. The predicted octanol–water partition coefficient (Wildman–Crippen LogP) is 2.25. The van der Waals surface area contributed by atoms with Gasteiger partial charge in [-0.15, -0.1) is 16.4 Å². The Balaban J connectivity index is 1.25. The van der Waals surface area contributed by atoms with Gasteiger partial charge in [0.05, 0.1) is 23.9 Å². The molecule has 0 fully saturated rings. The summed E-state index contributed by atoms with van der Waals surface area (Å²) in [7, 11) is 0. The number of rotatable bonds is 7. The number of para-hydroxylation sites is 2. The Morgan fingerprint density at radius 3 is 3.04 bits per heavy atom. The summed E-state index contributed by atoms with van der Waals surface area (Å²) in [6, 6.07) is 7.55. The van der Waals surface area contributed by atoms with Crippen LogP contribution in [0.5, 0.6) is 11.5 Å². The molecule has 9 heteroatoms. The molecule has 0 saturated heterocycles. The van der Waals surface area contributed by atoms with Gasteiger partial charge in [0.15, 0.2) is 23.3 Å². The zero-order valence-electron chi connectivity index (χ0n) is 15.5. The van der Waals surface area contributed by atoms with Crippen LogP contribution >= 0.6 is 11.3 Å². The normalized spacial score (nSPS) is 15.4. The molecule has 1 aliphatic rings. The second kappa shape index (κ2) is 8.39. The summed E-state index contributed by atoms with van der Waals surface area (Å²) in [6.07, 6.45) is 3.21. The van der Waals surface area contributed by atoms with Gasteiger partial charge in [0.25, 0.3) is 5.91 Å². The molecule has 0 bridgehead atoms. The lowest BCUT2D eigenvalue weighted by Crippen LogP contribution is -2.33. The van der Waals surface area contributed by atoms with Crippen molar-refractivity contribution < 1.29 is 14.3 Å². The van der Waals surface area contributed by atoms with E-state index in [-0.39, 0.29) is 12.0 Å². The van der Waals surface area contributed by atoms with Crippen LogP contribution < -0.4 is 14.8 Å². The van der Waals surface area contributed by atoms with E-state index in [1.54, 1.807) is 22.2 Å². The van der Waals surface area contributed by atoms with Crippen molar-refractivity contribution in [3.05, 3.63) is 52.2 Å². The first-order valence-electron chi connectivity index (χ1n) is 9.15. The summed E-state index contributed by atoms with van der Waals surface area (Å²) in [4.78, 5) is 17.7. The number of benzene rings is 1. The van der Waals surface area contributed by atoms with E-state index in [0.29, 0.717) is 31.1 Å². The largest absolute Gasteiger partial charge is 0.486 e. The van der Waals surface area contributed by atoms with Crippen molar-refractivity contribution in [3.8, 4) is 11.5 Å². The van der Waals surface area contributed by atoms with Crippen molar-refractivity contribution in [1.82, 2.24) is 25.3 Å². The van der Waals surface area contributed by atoms with Crippen molar-refractivity contribution >= 4 is 17.2 Å². The molecule has 146 valence electrons. The fourth-order valence-corrected chi connectivity index (χ4v) is 3.78. The smallest absolute Gasteiger partial charge is 0.273 e. The molecule has 1 amide bonds. The maximum Gasteiger partial charge on any atom is 0.273 e. The zero-order valence-corrected chi connectivity index (χ0v) is 16.3. The Labute approximate surface area is 166 Å². The molecule has 1 N–H and O–H groups in total. The number of thiazole rings is 1. The molecule has 0 radical (unpaired) electrons. The average Bonchev–Trinajstić information content (AvgIpc) is 3.34. The van der Waals surface area contributed by atoms with Crippen molar-refractivity contribution in [3.63, 3.8) is 0 Å². The lowest BCUT2D eigenvalue weighted by Gasteiger charge is -2.26. The predicted molar refractivity (Wildman–Crippen MR) is 104 cm³/mol. The molecule has 8 nitrogen and oxygen atoms in total. The van der Waals surface area contributed by atoms with E-state index in [0.717, 1.165) is 24.3 Å². The molecular formula is C19H21N5O3S. The lowest BCUT2D eigenvalue weighted by molar-refractivity contribution is 0.0754. The van der Waals surface area contributed by atoms with E-state index in [1.807, 2.05) is 36.7 Å². The first-order chi connectivity index (χ1) is 13.7. The van der Waals surface area contributed by atoms with Crippen molar-refractivity contribution in [2.75, 3.05) is 13.2 Å². The third kappa shape index (κ3) is 4.30. The molecule has 4 rings (SSSR count). The van der Waals surface area contributed by atoms with Crippen LogP contribution in [0.4, 0.5) is 0 Å². The third-order valence-corrected chi connectivity index (χ3v) is 5.44. The quantitative estimate of drug-likeness (QED) is 0.613. The SMILES string of the molecule is Cc1ncsc1CCCNC(=O)c1cn(C[C@@H]2COc3ccccc3O2)nn1. The highest BCUT2D eigenvalue weighted by atomic mass is 32.1. The molecule has 1 aliphatic heterocycles. The number of aryl methyl sites for hydroxylation is 2. The van der Waals surface area contributed by atoms with E-state index < -0.39 is 0 Å². The molecule has 3 heterocycles. The molecule has 1 aromatic carbocycles. The molecular weight excluding hydrogens is 378 g/mol. The third-order valence-electron chi connectivity index (χ3n) is 4.44. The molecule has 0 spiro atoms. The summed E-state index contributed by atoms with van der Waals surface area (Å²) in [5, 5.41) is 10.9. The van der Waals surface area contributed by atoms with Crippen LogP contribution in [0.25, 0.3) is 0 Å². The van der Waals surface area contributed by atoms with Crippen LogP contribution in [0.3, 0.4) is 0 Å². The van der Waals surface area contributed by atoms with Crippen LogP contribution in [-0.2, 0) is 13.0 Å². The first kappa shape index (κ1) is 18.4.